The summed E-state index contributed by atoms with van der Waals surface area (Å²) in [6, 6.07) is 0. The lowest BCUT2D eigenvalue weighted by Gasteiger charge is -2.42. The predicted octanol–water partition coefficient (Wildman–Crippen LogP) is 24.9. The maximum Gasteiger partial charge on any atom is 0.0312 e. The van der Waals surface area contributed by atoms with Gasteiger partial charge in [-0.1, -0.05) is 197 Å². The molecule has 0 aromatic rings. The molecule has 0 spiro atoms. The second-order valence-corrected chi connectivity index (χ2v) is 45.4. The second kappa shape index (κ2) is 48.1. The molecule has 7 aliphatic rings. The van der Waals surface area contributed by atoms with E-state index in [2.05, 4.69) is 382 Å². The topological polar surface area (TPSA) is 25.9 Å². The summed E-state index contributed by atoms with van der Waals surface area (Å²) in [6.07, 6.45) is 22.8. The highest BCUT2D eigenvalue weighted by Crippen LogP contribution is 2.24. The van der Waals surface area contributed by atoms with Crippen molar-refractivity contribution in [1.29, 1.82) is 0 Å². The van der Waals surface area contributed by atoms with Gasteiger partial charge in [0.15, 0.2) is 0 Å². The lowest BCUT2D eigenvalue weighted by atomic mass is 10.0. The highest BCUT2D eigenvalue weighted by molar-refractivity contribution is 4.99. The molecule has 7 aliphatic heterocycles. The highest BCUT2D eigenvalue weighted by Gasteiger charge is 2.28. The Labute approximate surface area is 612 Å². The molecule has 5 fully saturated rings. The van der Waals surface area contributed by atoms with Gasteiger partial charge in [-0.05, 0) is 295 Å². The van der Waals surface area contributed by atoms with Crippen molar-refractivity contribution >= 4 is 0 Å². The number of likely N-dealkylation sites (tertiary alicyclic amines) is 4. The molecule has 7 heterocycles. The number of likely N-dealkylation sites (N-methyl/N-ethyl adjacent to an activating group) is 1. The van der Waals surface area contributed by atoms with Gasteiger partial charge < -0.3 is 9.80 Å². The standard InChI is InChI=1S/C9H20N2.2C9H19N.C8H17N.2C8H15N.C7H15N.6C5H12/c1-9(2,3)11-7-5-10(4)6-8-11;2*1-9(2,3)10-7-5-4-6-8-10;3*1-8(2,3)9-6-4-5-7-9;1-7(2,3)8-5-4-6-8;6*1-5(2,3)4/h5-8H2,1-4H3;2*4-8H2,1-3H3;4-7H2,1-3H3;4,6H,5,7H2,1-3H3;4-5H,6-7H2,1-3H3;4-6H2,1-3H3;6*1-4H3. The van der Waals surface area contributed by atoms with Crippen molar-refractivity contribution in [2.75, 3.05) is 105 Å². The quantitative estimate of drug-likeness (QED) is 0.221. The van der Waals surface area contributed by atoms with E-state index >= 15 is 0 Å². The van der Waals surface area contributed by atoms with Crippen LogP contribution in [0.4, 0.5) is 0 Å². The van der Waals surface area contributed by atoms with Crippen LogP contribution in [-0.2, 0) is 0 Å². The fourth-order valence-corrected chi connectivity index (χ4v) is 9.06. The molecule has 7 rings (SSSR count). The zero-order valence-electron chi connectivity index (χ0n) is 76.1. The molecule has 0 saturated carbocycles. The summed E-state index contributed by atoms with van der Waals surface area (Å²) < 4.78 is 0. The number of rotatable bonds is 0. The molecule has 0 unspecified atom stereocenters. The van der Waals surface area contributed by atoms with E-state index < -0.39 is 0 Å². The van der Waals surface area contributed by atoms with Gasteiger partial charge in [0.1, 0.15) is 0 Å². The number of nitrogens with zero attached hydrogens (tertiary/aromatic N) is 8. The first-order valence-corrected chi connectivity index (χ1v) is 39.4. The minimum atomic E-state index is 0.326. The molecule has 8 heteroatoms. The molecule has 0 bridgehead atoms. The Kier molecular flexibility index (Phi) is 53.1. The Morgan fingerprint density at radius 3 is 0.500 bits per heavy atom. The smallest absolute Gasteiger partial charge is 0.0312 e. The summed E-state index contributed by atoms with van der Waals surface area (Å²) in [4.78, 5) is 19.9. The van der Waals surface area contributed by atoms with E-state index in [1.54, 1.807) is 0 Å². The normalized spacial score (nSPS) is 19.2. The Bertz CT molecular complexity index is 1650. The minimum Gasteiger partial charge on any atom is -0.373 e. The van der Waals surface area contributed by atoms with Crippen molar-refractivity contribution < 1.29 is 0 Å². The predicted molar refractivity (Wildman–Crippen MR) is 447 cm³/mol. The zero-order valence-corrected chi connectivity index (χ0v) is 76.1. The van der Waals surface area contributed by atoms with E-state index in [0.29, 0.717) is 71.3 Å². The van der Waals surface area contributed by atoms with Crippen LogP contribution < -0.4 is 0 Å². The second-order valence-electron chi connectivity index (χ2n) is 45.4. The van der Waals surface area contributed by atoms with Crippen LogP contribution in [-0.4, -0.2) is 183 Å². The van der Waals surface area contributed by atoms with Crippen LogP contribution in [0, 0.1) is 32.5 Å². The third-order valence-electron chi connectivity index (χ3n) is 14.4. The summed E-state index contributed by atoms with van der Waals surface area (Å²) >= 11 is 0. The average Bonchev–Trinajstić information content (AvgIpc) is 4.14. The molecule has 0 aromatic heterocycles. The third-order valence-corrected chi connectivity index (χ3v) is 14.4. The van der Waals surface area contributed by atoms with Gasteiger partial charge in [-0.25, -0.2) is 0 Å². The van der Waals surface area contributed by atoms with Crippen LogP contribution in [0.25, 0.3) is 0 Å². The molecular weight excluding hydrogens is 1170 g/mol. The molecule has 0 N–H and O–H groups in total. The van der Waals surface area contributed by atoms with Gasteiger partial charge in [-0.15, -0.1) is 0 Å². The SMILES string of the molecule is CC(C)(C)C.CC(C)(C)C.CC(C)(C)C.CC(C)(C)C.CC(C)(C)C.CC(C)(C)C.CC(C)(C)N1C=CCC1.CC(C)(C)N1CC=CC1.CC(C)(C)N1CCC1.CC(C)(C)N1CCCC1.CC(C)(C)N1CCCCC1.CC(C)(C)N1CCCCC1.CN1CCN(C(C)(C)C)CC1. The summed E-state index contributed by atoms with van der Waals surface area (Å²) in [5.74, 6) is 0. The van der Waals surface area contributed by atoms with Gasteiger partial charge in [0.2, 0.25) is 0 Å². The van der Waals surface area contributed by atoms with Crippen LogP contribution in [0.3, 0.4) is 0 Å². The Morgan fingerprint density at radius 1 is 0.188 bits per heavy atom. The molecule has 0 amide bonds. The summed E-state index contributed by atoms with van der Waals surface area (Å²) in [7, 11) is 2.19. The van der Waals surface area contributed by atoms with Gasteiger partial charge in [-0.2, -0.15) is 0 Å². The number of piperidine rings is 2. The van der Waals surface area contributed by atoms with Crippen LogP contribution in [0.2, 0.25) is 0 Å². The first-order valence-electron chi connectivity index (χ1n) is 39.4. The minimum absolute atomic E-state index is 0.326. The van der Waals surface area contributed by atoms with E-state index in [1.165, 1.54) is 149 Å². The van der Waals surface area contributed by atoms with Crippen molar-refractivity contribution in [3.8, 4) is 0 Å². The van der Waals surface area contributed by atoms with Gasteiger partial charge in [0, 0.05) is 84.6 Å². The Morgan fingerprint density at radius 2 is 0.375 bits per heavy atom. The maximum absolute atomic E-state index is 2.58. The molecule has 0 aliphatic carbocycles. The van der Waals surface area contributed by atoms with E-state index in [9.17, 15) is 0 Å². The molecule has 5 saturated heterocycles. The van der Waals surface area contributed by atoms with Crippen LogP contribution in [0.1, 0.15) is 376 Å². The van der Waals surface area contributed by atoms with E-state index in [-0.39, 0.29) is 0 Å². The number of hydrogen-bond donors (Lipinski definition) is 0. The summed E-state index contributed by atoms with van der Waals surface area (Å²) in [6.45, 7) is 119. The summed E-state index contributed by atoms with van der Waals surface area (Å²) in [5.41, 5.74) is 5.69. The first-order chi connectivity index (χ1) is 42.1. The number of piperazine rings is 1. The first kappa shape index (κ1) is 106. The molecule has 0 radical (unpaired) electrons. The lowest BCUT2D eigenvalue weighted by Crippen LogP contribution is -2.52. The fraction of sp³-hybridized carbons (Fsp3) is 0.955. The molecule has 8 nitrogen and oxygen atoms in total. The van der Waals surface area contributed by atoms with Crippen molar-refractivity contribution in [3.05, 3.63) is 24.4 Å². The Balaban J connectivity index is -0.000000231. The van der Waals surface area contributed by atoms with Crippen LogP contribution in [0.5, 0.6) is 0 Å². The average molecular weight is 1360 g/mol. The van der Waals surface area contributed by atoms with Crippen molar-refractivity contribution in [2.24, 2.45) is 32.5 Å². The van der Waals surface area contributed by atoms with Crippen LogP contribution >= 0.6 is 0 Å². The number of hydrogen-bond acceptors (Lipinski definition) is 8. The van der Waals surface area contributed by atoms with E-state index in [4.69, 9.17) is 0 Å². The van der Waals surface area contributed by atoms with Gasteiger partial charge >= 0.3 is 0 Å². The largest absolute Gasteiger partial charge is 0.373 e. The van der Waals surface area contributed by atoms with Gasteiger partial charge in [0.25, 0.3) is 0 Å². The van der Waals surface area contributed by atoms with E-state index in [1.807, 2.05) is 0 Å². The fourth-order valence-electron chi connectivity index (χ4n) is 9.06. The molecule has 0 aromatic carbocycles. The molecule has 0 atom stereocenters. The van der Waals surface area contributed by atoms with Crippen LogP contribution in [0.15, 0.2) is 24.4 Å². The van der Waals surface area contributed by atoms with Gasteiger partial charge in [0.05, 0.1) is 0 Å². The van der Waals surface area contributed by atoms with Crippen molar-refractivity contribution in [2.45, 2.75) is 415 Å². The third kappa shape index (κ3) is 89.1. The maximum atomic E-state index is 2.58. The Hall–Kier alpha value is -1.00. The lowest BCUT2D eigenvalue weighted by molar-refractivity contribution is 0.0690. The summed E-state index contributed by atoms with van der Waals surface area (Å²) in [5, 5.41) is 0. The molecule has 96 heavy (non-hydrogen) atoms. The highest BCUT2D eigenvalue weighted by atomic mass is 15.3. The van der Waals surface area contributed by atoms with E-state index in [0.717, 1.165) is 13.1 Å². The van der Waals surface area contributed by atoms with Crippen molar-refractivity contribution in [3.63, 3.8) is 0 Å². The zero-order chi connectivity index (χ0) is 77.6. The molecule has 584 valence electrons. The van der Waals surface area contributed by atoms with Crippen molar-refractivity contribution in [1.82, 2.24) is 39.2 Å². The monoisotopic (exact) mass is 1360 g/mol. The van der Waals surface area contributed by atoms with Gasteiger partial charge in [-0.3, -0.25) is 29.4 Å². The molecular formula is C88H192N8.